The van der Waals surface area contributed by atoms with Crippen molar-refractivity contribution in [3.8, 4) is 0 Å². The minimum Gasteiger partial charge on any atom is -0.396 e. The van der Waals surface area contributed by atoms with Crippen LogP contribution >= 0.6 is 0 Å². The molecule has 0 unspecified atom stereocenters. The number of hydrogen-bond donors (Lipinski definition) is 2. The van der Waals surface area contributed by atoms with E-state index in [-0.39, 0.29) is 24.5 Å². The van der Waals surface area contributed by atoms with Crippen molar-refractivity contribution in [2.75, 3.05) is 13.2 Å². The van der Waals surface area contributed by atoms with E-state index >= 15 is 0 Å². The summed E-state index contributed by atoms with van der Waals surface area (Å²) in [6, 6.07) is 1.24. The number of aromatic nitrogens is 2. The molecule has 7 heteroatoms. The molecule has 1 aromatic rings. The van der Waals surface area contributed by atoms with Crippen molar-refractivity contribution in [2.24, 2.45) is 12.5 Å². The Morgan fingerprint density at radius 1 is 1.40 bits per heavy atom. The smallest absolute Gasteiger partial charge is 0.331 e. The van der Waals surface area contributed by atoms with Crippen molar-refractivity contribution in [1.82, 2.24) is 14.5 Å². The molecule has 0 spiro atoms. The van der Waals surface area contributed by atoms with Crippen LogP contribution in [0.1, 0.15) is 20.3 Å². The normalized spacial score (nSPS) is 11.4. The number of carbonyl (C=O) groups is 1. The van der Waals surface area contributed by atoms with Gasteiger partial charge in [0.15, 0.2) is 0 Å². The fourth-order valence-corrected chi connectivity index (χ4v) is 1.68. The second-order valence-corrected chi connectivity index (χ2v) is 5.54. The third kappa shape index (κ3) is 4.34. The second-order valence-electron chi connectivity index (χ2n) is 5.54. The minimum absolute atomic E-state index is 0.0587. The number of nitrogens with one attached hydrogen (secondary N) is 1. The monoisotopic (exact) mass is 283 g/mol. The Hall–Kier alpha value is -1.89. The maximum Gasteiger partial charge on any atom is 0.331 e. The third-order valence-electron chi connectivity index (χ3n) is 3.13. The highest BCUT2D eigenvalue weighted by Gasteiger charge is 2.18. The number of amides is 1. The van der Waals surface area contributed by atoms with Crippen molar-refractivity contribution in [2.45, 2.75) is 26.8 Å². The predicted molar refractivity (Wildman–Crippen MR) is 74.4 cm³/mol. The average Bonchev–Trinajstić information content (AvgIpc) is 2.37. The molecule has 0 aromatic carbocycles. The first-order chi connectivity index (χ1) is 9.26. The van der Waals surface area contributed by atoms with Gasteiger partial charge in [-0.15, -0.1) is 0 Å². The Labute approximate surface area is 116 Å². The average molecular weight is 283 g/mol. The molecule has 0 aliphatic carbocycles. The van der Waals surface area contributed by atoms with E-state index in [1.54, 1.807) is 0 Å². The van der Waals surface area contributed by atoms with Crippen molar-refractivity contribution in [1.29, 1.82) is 0 Å². The summed E-state index contributed by atoms with van der Waals surface area (Å²) < 4.78 is 2.12. The van der Waals surface area contributed by atoms with E-state index in [4.69, 9.17) is 5.11 Å². The highest BCUT2D eigenvalue weighted by Crippen LogP contribution is 2.17. The van der Waals surface area contributed by atoms with Crippen LogP contribution in [0.5, 0.6) is 0 Å². The van der Waals surface area contributed by atoms with E-state index in [0.29, 0.717) is 13.0 Å². The molecule has 0 fully saturated rings. The number of carbonyl (C=O) groups excluding carboxylic acids is 1. The molecule has 1 amide bonds. The van der Waals surface area contributed by atoms with Crippen LogP contribution in [0.15, 0.2) is 21.9 Å². The highest BCUT2D eigenvalue weighted by atomic mass is 16.3. The molecule has 0 aliphatic rings. The molecule has 0 atom stereocenters. The van der Waals surface area contributed by atoms with Crippen molar-refractivity contribution in [3.63, 3.8) is 0 Å². The molecule has 0 saturated carbocycles. The number of aliphatic hydroxyl groups is 1. The van der Waals surface area contributed by atoms with Crippen LogP contribution in [-0.2, 0) is 18.4 Å². The Bertz CT molecular complexity index is 586. The zero-order valence-electron chi connectivity index (χ0n) is 12.0. The summed E-state index contributed by atoms with van der Waals surface area (Å²) in [5, 5.41) is 11.6. The van der Waals surface area contributed by atoms with Crippen molar-refractivity contribution >= 4 is 5.91 Å². The van der Waals surface area contributed by atoms with E-state index in [1.165, 1.54) is 23.9 Å². The summed E-state index contributed by atoms with van der Waals surface area (Å²) in [5.74, 6) is -0.309. The van der Waals surface area contributed by atoms with Crippen LogP contribution in [0.4, 0.5) is 0 Å². The van der Waals surface area contributed by atoms with E-state index < -0.39 is 11.2 Å². The Morgan fingerprint density at radius 3 is 2.65 bits per heavy atom. The predicted octanol–water partition coefficient (Wildman–Crippen LogP) is -0.928. The molecule has 7 nitrogen and oxygen atoms in total. The second kappa shape index (κ2) is 6.51. The van der Waals surface area contributed by atoms with Gasteiger partial charge in [-0.1, -0.05) is 13.8 Å². The molecule has 2 N–H and O–H groups in total. The largest absolute Gasteiger partial charge is 0.396 e. The molecule has 112 valence electrons. The van der Waals surface area contributed by atoms with Gasteiger partial charge in [-0.3, -0.25) is 18.7 Å². The van der Waals surface area contributed by atoms with Crippen LogP contribution in [0.2, 0.25) is 0 Å². The lowest BCUT2D eigenvalue weighted by Crippen LogP contribution is -2.42. The van der Waals surface area contributed by atoms with Crippen LogP contribution < -0.4 is 16.6 Å². The topological polar surface area (TPSA) is 93.3 Å². The number of nitrogens with zero attached hydrogens (tertiary/aromatic N) is 2. The van der Waals surface area contributed by atoms with E-state index in [9.17, 15) is 14.4 Å². The first-order valence-electron chi connectivity index (χ1n) is 6.41. The number of hydrogen-bond acceptors (Lipinski definition) is 4. The van der Waals surface area contributed by atoms with Crippen LogP contribution in [0.3, 0.4) is 0 Å². The van der Waals surface area contributed by atoms with Gasteiger partial charge in [-0.25, -0.2) is 4.79 Å². The molecule has 1 heterocycles. The fourth-order valence-electron chi connectivity index (χ4n) is 1.68. The number of aliphatic hydroxyl groups excluding tert-OH is 1. The SMILES string of the molecule is Cn1c(=O)ccn(CC(=O)NCC(C)(C)CCO)c1=O. The number of rotatable bonds is 6. The zero-order valence-corrected chi connectivity index (χ0v) is 12.0. The van der Waals surface area contributed by atoms with Gasteiger partial charge >= 0.3 is 5.69 Å². The van der Waals surface area contributed by atoms with Crippen molar-refractivity contribution in [3.05, 3.63) is 33.1 Å². The molecular formula is C13H21N3O4. The van der Waals surface area contributed by atoms with Gasteiger partial charge < -0.3 is 10.4 Å². The lowest BCUT2D eigenvalue weighted by Gasteiger charge is -2.23. The molecule has 0 radical (unpaired) electrons. The first-order valence-corrected chi connectivity index (χ1v) is 6.41. The fraction of sp³-hybridized carbons (Fsp3) is 0.615. The molecule has 1 rings (SSSR count). The zero-order chi connectivity index (χ0) is 15.3. The molecule has 0 bridgehead atoms. The Morgan fingerprint density at radius 2 is 2.05 bits per heavy atom. The third-order valence-corrected chi connectivity index (χ3v) is 3.13. The summed E-state index contributed by atoms with van der Waals surface area (Å²) in [5.41, 5.74) is -1.14. The maximum atomic E-state index is 11.8. The van der Waals surface area contributed by atoms with Gasteiger partial charge in [-0.05, 0) is 11.8 Å². The molecule has 20 heavy (non-hydrogen) atoms. The lowest BCUT2D eigenvalue weighted by atomic mass is 9.90. The van der Waals surface area contributed by atoms with E-state index in [2.05, 4.69) is 5.32 Å². The van der Waals surface area contributed by atoms with Gasteiger partial charge in [0.1, 0.15) is 6.54 Å². The summed E-state index contributed by atoms with van der Waals surface area (Å²) in [6.45, 7) is 4.20. The Kier molecular flexibility index (Phi) is 5.26. The van der Waals surface area contributed by atoms with Crippen LogP contribution in [0.25, 0.3) is 0 Å². The van der Waals surface area contributed by atoms with Gasteiger partial charge in [0.2, 0.25) is 5.91 Å². The standard InChI is InChI=1S/C13H21N3O4/c1-13(2,5-7-17)9-14-10(18)8-16-6-4-11(19)15(3)12(16)20/h4,6,17H,5,7-9H2,1-3H3,(H,14,18). The van der Waals surface area contributed by atoms with Gasteiger partial charge in [0.25, 0.3) is 5.56 Å². The quantitative estimate of drug-likeness (QED) is 0.705. The summed E-state index contributed by atoms with van der Waals surface area (Å²) in [6.07, 6.45) is 1.89. The molecule has 1 aromatic heterocycles. The van der Waals surface area contributed by atoms with Crippen LogP contribution in [-0.4, -0.2) is 33.3 Å². The molecular weight excluding hydrogens is 262 g/mol. The van der Waals surface area contributed by atoms with E-state index in [1.807, 2.05) is 13.8 Å². The minimum atomic E-state index is -0.526. The van der Waals surface area contributed by atoms with Gasteiger partial charge in [0.05, 0.1) is 0 Å². The molecule has 0 aliphatic heterocycles. The lowest BCUT2D eigenvalue weighted by molar-refractivity contribution is -0.122. The Balaban J connectivity index is 2.66. The highest BCUT2D eigenvalue weighted by molar-refractivity contribution is 5.75. The first kappa shape index (κ1) is 16.2. The van der Waals surface area contributed by atoms with Crippen LogP contribution in [0, 0.1) is 5.41 Å². The summed E-state index contributed by atoms with van der Waals surface area (Å²) >= 11 is 0. The van der Waals surface area contributed by atoms with Gasteiger partial charge in [0, 0.05) is 32.5 Å². The van der Waals surface area contributed by atoms with Crippen molar-refractivity contribution < 1.29 is 9.90 Å². The molecule has 0 saturated heterocycles. The summed E-state index contributed by atoms with van der Waals surface area (Å²) in [7, 11) is 1.36. The van der Waals surface area contributed by atoms with Gasteiger partial charge in [-0.2, -0.15) is 0 Å². The maximum absolute atomic E-state index is 11.8. The summed E-state index contributed by atoms with van der Waals surface area (Å²) in [4.78, 5) is 34.8. The van der Waals surface area contributed by atoms with E-state index in [0.717, 1.165) is 4.57 Å².